The fourth-order valence-electron chi connectivity index (χ4n) is 1.99. The molecule has 1 N–H and O–H groups in total. The van der Waals surface area contributed by atoms with Gasteiger partial charge in [0.25, 0.3) is 0 Å². The van der Waals surface area contributed by atoms with Crippen molar-refractivity contribution in [2.75, 3.05) is 14.1 Å². The number of thiol groups is 1. The highest BCUT2D eigenvalue weighted by atomic mass is 32.1. The molecule has 0 heterocycles. The fraction of sp³-hybridized carbons (Fsp3) is 0.586. The smallest absolute Gasteiger partial charge is 0.00783 e. The van der Waals surface area contributed by atoms with Gasteiger partial charge in [-0.3, -0.25) is 0 Å². The minimum Gasteiger partial charge on any atom is -0.323 e. The summed E-state index contributed by atoms with van der Waals surface area (Å²) in [6, 6.07) is 6.60. The maximum atomic E-state index is 4.52. The second kappa shape index (κ2) is 28.8. The summed E-state index contributed by atoms with van der Waals surface area (Å²) in [5.41, 5.74) is 5.35. The normalized spacial score (nSPS) is 8.16. The summed E-state index contributed by atoms with van der Waals surface area (Å²) >= 11 is 4.52. The lowest BCUT2D eigenvalue weighted by atomic mass is 9.95. The van der Waals surface area contributed by atoms with E-state index in [1.807, 2.05) is 55.6 Å². The number of aryl methyl sites for hydroxylation is 3. The van der Waals surface area contributed by atoms with E-state index in [1.54, 1.807) is 0 Å². The van der Waals surface area contributed by atoms with E-state index in [9.17, 15) is 0 Å². The molecule has 2 aromatic rings. The highest BCUT2D eigenvalue weighted by Crippen LogP contribution is 2.30. The topological polar surface area (TPSA) is 12.0 Å². The van der Waals surface area contributed by atoms with Crippen LogP contribution in [0.15, 0.2) is 36.3 Å². The molecule has 0 saturated carbocycles. The van der Waals surface area contributed by atoms with Gasteiger partial charge in [-0.25, -0.2) is 0 Å². The zero-order chi connectivity index (χ0) is 26.2. The summed E-state index contributed by atoms with van der Waals surface area (Å²) in [7, 11) is 3.75. The van der Waals surface area contributed by atoms with Crippen molar-refractivity contribution in [2.24, 2.45) is 5.92 Å². The Bertz CT molecular complexity index is 630. The monoisotopic (exact) mass is 451 g/mol. The number of benzene rings is 2. The van der Waals surface area contributed by atoms with Crippen LogP contribution in [0.3, 0.4) is 0 Å². The molecule has 0 aliphatic carbocycles. The van der Waals surface area contributed by atoms with Crippen LogP contribution in [0.1, 0.15) is 91.0 Å². The molecule has 0 radical (unpaired) electrons. The summed E-state index contributed by atoms with van der Waals surface area (Å²) in [5.74, 6) is 0.884. The average Bonchev–Trinajstić information content (AvgIpc) is 2.81. The Hall–Kier alpha value is -1.25. The number of fused-ring (bicyclic) bond motifs is 1. The minimum atomic E-state index is 0.884. The lowest BCUT2D eigenvalue weighted by Crippen LogP contribution is -1.90. The second-order valence-corrected chi connectivity index (χ2v) is 7.03. The van der Waals surface area contributed by atoms with Gasteiger partial charge >= 0.3 is 0 Å². The molecule has 0 saturated heterocycles. The van der Waals surface area contributed by atoms with Gasteiger partial charge in [0, 0.05) is 4.90 Å². The SMILES string of the molecule is C=C.CC.CC.CC.CCC(C)C.CNC.Cc1ccc2c(C)c(C)c(S)cc2c1C. The van der Waals surface area contributed by atoms with Gasteiger partial charge in [0.15, 0.2) is 0 Å². The van der Waals surface area contributed by atoms with Crippen molar-refractivity contribution in [1.82, 2.24) is 5.32 Å². The van der Waals surface area contributed by atoms with Crippen LogP contribution in [-0.4, -0.2) is 14.1 Å². The molecule has 31 heavy (non-hydrogen) atoms. The first-order valence-corrected chi connectivity index (χ1v) is 12.4. The number of rotatable bonds is 1. The van der Waals surface area contributed by atoms with Gasteiger partial charge in [-0.15, -0.1) is 25.8 Å². The van der Waals surface area contributed by atoms with Crippen molar-refractivity contribution in [1.29, 1.82) is 0 Å². The van der Waals surface area contributed by atoms with Crippen LogP contribution >= 0.6 is 12.6 Å². The third-order valence-corrected chi connectivity index (χ3v) is 4.70. The third kappa shape index (κ3) is 18.1. The van der Waals surface area contributed by atoms with Crippen molar-refractivity contribution in [3.8, 4) is 0 Å². The van der Waals surface area contributed by atoms with Crippen LogP contribution in [0.5, 0.6) is 0 Å². The molecule has 0 aromatic heterocycles. The standard InChI is InChI=1S/C14H16S.C5H12.C2H7N.3C2H6.C2H4/c1-8-5-6-12-10(3)11(4)14(15)7-13(12)9(8)2;1-4-5(2)3;1-3-2;4*1-2/h5-7,15H,1-4H3;5H,4H2,1-3H3;3H,1-2H3;3*1-2H3;1-2H2. The molecule has 2 heteroatoms. The van der Waals surface area contributed by atoms with E-state index in [0.29, 0.717) is 0 Å². The molecule has 0 aliphatic rings. The molecule has 0 atom stereocenters. The Balaban J connectivity index is -0.000000118. The van der Waals surface area contributed by atoms with E-state index in [4.69, 9.17) is 0 Å². The first kappa shape index (κ1) is 40.1. The van der Waals surface area contributed by atoms with Gasteiger partial charge < -0.3 is 5.32 Å². The second-order valence-electron chi connectivity index (χ2n) is 6.55. The van der Waals surface area contributed by atoms with Crippen LogP contribution in [0.25, 0.3) is 10.8 Å². The first-order chi connectivity index (χ1) is 14.7. The van der Waals surface area contributed by atoms with Crippen LogP contribution in [0, 0.1) is 33.6 Å². The molecule has 1 nitrogen and oxygen atoms in total. The molecule has 0 aliphatic heterocycles. The van der Waals surface area contributed by atoms with Gasteiger partial charge in [-0.1, -0.05) is 80.9 Å². The predicted molar refractivity (Wildman–Crippen MR) is 156 cm³/mol. The van der Waals surface area contributed by atoms with Crippen LogP contribution in [0.2, 0.25) is 0 Å². The van der Waals surface area contributed by atoms with Crippen molar-refractivity contribution in [2.45, 2.75) is 101 Å². The zero-order valence-corrected chi connectivity index (χ0v) is 24.8. The number of hydrogen-bond acceptors (Lipinski definition) is 2. The molecular weight excluding hydrogens is 394 g/mol. The molecular formula is C29H57NS. The molecule has 2 rings (SSSR count). The molecule has 0 bridgehead atoms. The van der Waals surface area contributed by atoms with E-state index in [2.05, 4.69) is 97.8 Å². The van der Waals surface area contributed by atoms with E-state index < -0.39 is 0 Å². The minimum absolute atomic E-state index is 0.884. The lowest BCUT2D eigenvalue weighted by Gasteiger charge is -2.12. The van der Waals surface area contributed by atoms with Crippen molar-refractivity contribution >= 4 is 23.4 Å². The Morgan fingerprint density at radius 1 is 0.774 bits per heavy atom. The number of nitrogens with one attached hydrogen (secondary N) is 1. The average molecular weight is 452 g/mol. The Morgan fingerprint density at radius 3 is 1.45 bits per heavy atom. The highest BCUT2D eigenvalue weighted by molar-refractivity contribution is 7.80. The quantitative estimate of drug-likeness (QED) is 0.324. The van der Waals surface area contributed by atoms with Gasteiger partial charge in [-0.2, -0.15) is 0 Å². The predicted octanol–water partition coefficient (Wildman–Crippen LogP) is 10.1. The summed E-state index contributed by atoms with van der Waals surface area (Å²) < 4.78 is 0. The molecule has 0 unspecified atom stereocenters. The Morgan fingerprint density at radius 2 is 1.13 bits per heavy atom. The molecule has 0 amide bonds. The van der Waals surface area contributed by atoms with Gasteiger partial charge in [0.1, 0.15) is 0 Å². The third-order valence-electron chi connectivity index (χ3n) is 4.23. The van der Waals surface area contributed by atoms with Crippen molar-refractivity contribution in [3.05, 3.63) is 53.6 Å². The van der Waals surface area contributed by atoms with Crippen molar-refractivity contribution in [3.63, 3.8) is 0 Å². The van der Waals surface area contributed by atoms with Crippen LogP contribution < -0.4 is 5.32 Å². The van der Waals surface area contributed by atoms with Crippen molar-refractivity contribution < 1.29 is 0 Å². The summed E-state index contributed by atoms with van der Waals surface area (Å²) in [4.78, 5) is 1.09. The summed E-state index contributed by atoms with van der Waals surface area (Å²) in [6.45, 7) is 33.3. The van der Waals surface area contributed by atoms with Crippen LogP contribution in [0.4, 0.5) is 0 Å². The lowest BCUT2D eigenvalue weighted by molar-refractivity contribution is 0.626. The van der Waals surface area contributed by atoms with E-state index >= 15 is 0 Å². The largest absolute Gasteiger partial charge is 0.323 e. The fourth-order valence-corrected chi connectivity index (χ4v) is 2.29. The first-order valence-electron chi connectivity index (χ1n) is 12.0. The van der Waals surface area contributed by atoms with Gasteiger partial charge in [0.2, 0.25) is 0 Å². The zero-order valence-electron chi connectivity index (χ0n) is 23.9. The maximum absolute atomic E-state index is 4.52. The maximum Gasteiger partial charge on any atom is 0.00783 e. The molecule has 2 aromatic carbocycles. The summed E-state index contributed by atoms with van der Waals surface area (Å²) in [6.07, 6.45) is 1.31. The van der Waals surface area contributed by atoms with Gasteiger partial charge in [-0.05, 0) is 86.8 Å². The molecule has 0 spiro atoms. The van der Waals surface area contributed by atoms with Gasteiger partial charge in [0.05, 0.1) is 0 Å². The van der Waals surface area contributed by atoms with E-state index in [-0.39, 0.29) is 0 Å². The van der Waals surface area contributed by atoms with E-state index in [1.165, 1.54) is 39.4 Å². The highest BCUT2D eigenvalue weighted by Gasteiger charge is 2.07. The summed E-state index contributed by atoms with van der Waals surface area (Å²) in [5, 5.41) is 5.44. The Kier molecular flexibility index (Phi) is 37.2. The Labute approximate surface area is 203 Å². The number of hydrogen-bond donors (Lipinski definition) is 2. The molecule has 184 valence electrons. The molecule has 0 fully saturated rings. The van der Waals surface area contributed by atoms with E-state index in [0.717, 1.165) is 10.8 Å². The van der Waals surface area contributed by atoms with Crippen LogP contribution in [-0.2, 0) is 0 Å².